The summed E-state index contributed by atoms with van der Waals surface area (Å²) in [4.78, 5) is 16.2. The van der Waals surface area contributed by atoms with Gasteiger partial charge in [-0.05, 0) is 38.2 Å². The van der Waals surface area contributed by atoms with Crippen molar-refractivity contribution in [3.8, 4) is 5.88 Å². The highest BCUT2D eigenvalue weighted by Crippen LogP contribution is 2.29. The van der Waals surface area contributed by atoms with E-state index in [1.807, 2.05) is 19.1 Å². The highest BCUT2D eigenvalue weighted by Gasteiger charge is 2.38. The maximum atomic E-state index is 12.0. The summed E-state index contributed by atoms with van der Waals surface area (Å²) in [7, 11) is 0. The Kier molecular flexibility index (Phi) is 4.95. The predicted octanol–water partition coefficient (Wildman–Crippen LogP) is 1.79. The number of carbonyl (C=O) groups excluding carboxylic acids is 1. The molecule has 1 saturated carbocycles. The third kappa shape index (κ3) is 3.48. The molecule has 2 rings (SSSR count). The fraction of sp³-hybridized carbons (Fsp3) is 0.600. The van der Waals surface area contributed by atoms with Gasteiger partial charge in [-0.1, -0.05) is 13.0 Å². The zero-order chi connectivity index (χ0) is 14.4. The molecule has 1 aliphatic rings. The van der Waals surface area contributed by atoms with Gasteiger partial charge in [0.1, 0.15) is 5.60 Å². The molecule has 0 bridgehead atoms. The van der Waals surface area contributed by atoms with Gasteiger partial charge in [0, 0.05) is 18.3 Å². The topological polar surface area (TPSA) is 71.5 Å². The molecule has 5 nitrogen and oxygen atoms in total. The molecular weight excluding hydrogens is 256 g/mol. The van der Waals surface area contributed by atoms with Crippen LogP contribution < -0.4 is 10.1 Å². The smallest absolute Gasteiger partial charge is 0.252 e. The van der Waals surface area contributed by atoms with Gasteiger partial charge in [0.2, 0.25) is 5.88 Å². The maximum absolute atomic E-state index is 12.0. The Bertz CT molecular complexity index is 456. The molecular formula is C15H22N2O3. The lowest BCUT2D eigenvalue weighted by Gasteiger charge is -2.21. The minimum Gasteiger partial charge on any atom is -0.477 e. The number of nitrogens with zero attached hydrogens (tertiary/aromatic N) is 1. The first-order chi connectivity index (χ1) is 9.65. The summed E-state index contributed by atoms with van der Waals surface area (Å²) in [5.74, 6) is 0.258. The average molecular weight is 278 g/mol. The number of aromatic nitrogens is 1. The molecule has 0 aliphatic heterocycles. The predicted molar refractivity (Wildman–Crippen MR) is 75.3 cm³/mol. The van der Waals surface area contributed by atoms with E-state index in [0.29, 0.717) is 31.9 Å². The Balaban J connectivity index is 1.95. The zero-order valence-corrected chi connectivity index (χ0v) is 11.9. The third-order valence-corrected chi connectivity index (χ3v) is 3.59. The Labute approximate surface area is 119 Å². The van der Waals surface area contributed by atoms with Crippen LogP contribution in [0, 0.1) is 0 Å². The molecule has 2 N–H and O–H groups in total. The number of ether oxygens (including phenoxy) is 1. The van der Waals surface area contributed by atoms with Crippen molar-refractivity contribution >= 4 is 5.91 Å². The van der Waals surface area contributed by atoms with Gasteiger partial charge in [-0.15, -0.1) is 0 Å². The van der Waals surface area contributed by atoms with Gasteiger partial charge in [0.05, 0.1) is 6.61 Å². The number of aliphatic hydroxyl groups is 1. The van der Waals surface area contributed by atoms with Crippen molar-refractivity contribution < 1.29 is 14.6 Å². The lowest BCUT2D eigenvalue weighted by atomic mass is 10.0. The molecule has 1 fully saturated rings. The van der Waals surface area contributed by atoms with Crippen LogP contribution in [0.15, 0.2) is 18.3 Å². The Hall–Kier alpha value is -1.62. The molecule has 1 aliphatic carbocycles. The molecule has 1 heterocycles. The molecule has 1 aromatic heterocycles. The highest BCUT2D eigenvalue weighted by molar-refractivity contribution is 5.85. The van der Waals surface area contributed by atoms with Crippen LogP contribution in [0.25, 0.3) is 0 Å². The molecule has 20 heavy (non-hydrogen) atoms. The lowest BCUT2D eigenvalue weighted by Crippen LogP contribution is -2.44. The molecule has 0 saturated heterocycles. The van der Waals surface area contributed by atoms with Crippen molar-refractivity contribution in [3.05, 3.63) is 23.9 Å². The van der Waals surface area contributed by atoms with Crippen LogP contribution in [0.1, 0.15) is 44.6 Å². The van der Waals surface area contributed by atoms with Crippen LogP contribution in [0.3, 0.4) is 0 Å². The van der Waals surface area contributed by atoms with E-state index in [-0.39, 0.29) is 5.91 Å². The number of nitrogens with one attached hydrogen (secondary N) is 1. The molecule has 110 valence electrons. The second kappa shape index (κ2) is 6.70. The highest BCUT2D eigenvalue weighted by atomic mass is 16.5. The summed E-state index contributed by atoms with van der Waals surface area (Å²) < 4.78 is 5.54. The van der Waals surface area contributed by atoms with Crippen molar-refractivity contribution in [3.63, 3.8) is 0 Å². The molecule has 1 amide bonds. The number of amides is 1. The van der Waals surface area contributed by atoms with E-state index < -0.39 is 5.60 Å². The van der Waals surface area contributed by atoms with E-state index in [1.54, 1.807) is 6.20 Å². The summed E-state index contributed by atoms with van der Waals surface area (Å²) in [6, 6.07) is 3.68. The number of carbonyl (C=O) groups is 1. The normalized spacial score (nSPS) is 16.9. The Morgan fingerprint density at radius 2 is 2.25 bits per heavy atom. The van der Waals surface area contributed by atoms with Crippen molar-refractivity contribution in [2.24, 2.45) is 0 Å². The van der Waals surface area contributed by atoms with Crippen molar-refractivity contribution in [2.75, 3.05) is 6.61 Å². The van der Waals surface area contributed by atoms with E-state index in [2.05, 4.69) is 10.3 Å². The zero-order valence-electron chi connectivity index (χ0n) is 11.9. The van der Waals surface area contributed by atoms with Crippen LogP contribution in [0.5, 0.6) is 5.88 Å². The standard InChI is InChI=1S/C15H22N2O3/c1-2-10-20-13-12(6-5-9-16-13)11-17-14(18)15(19)7-3-4-8-15/h5-6,9,19H,2-4,7-8,10-11H2,1H3,(H,17,18). The first-order valence-corrected chi connectivity index (χ1v) is 7.23. The summed E-state index contributed by atoms with van der Waals surface area (Å²) in [5, 5.41) is 13.0. The van der Waals surface area contributed by atoms with E-state index in [4.69, 9.17) is 4.74 Å². The largest absolute Gasteiger partial charge is 0.477 e. The van der Waals surface area contributed by atoms with Crippen LogP contribution in [0.4, 0.5) is 0 Å². The van der Waals surface area contributed by atoms with E-state index >= 15 is 0 Å². The van der Waals surface area contributed by atoms with Crippen molar-refractivity contribution in [2.45, 2.75) is 51.2 Å². The maximum Gasteiger partial charge on any atom is 0.252 e. The summed E-state index contributed by atoms with van der Waals surface area (Å²) in [5.41, 5.74) is -0.358. The number of hydrogen-bond acceptors (Lipinski definition) is 4. The average Bonchev–Trinajstić information content (AvgIpc) is 2.91. The van der Waals surface area contributed by atoms with Crippen LogP contribution >= 0.6 is 0 Å². The molecule has 0 aromatic carbocycles. The fourth-order valence-electron chi connectivity index (χ4n) is 2.41. The van der Waals surface area contributed by atoms with Crippen LogP contribution in [0.2, 0.25) is 0 Å². The van der Waals surface area contributed by atoms with Crippen molar-refractivity contribution in [1.82, 2.24) is 10.3 Å². The van der Waals surface area contributed by atoms with Gasteiger partial charge in [0.15, 0.2) is 0 Å². The van der Waals surface area contributed by atoms with Crippen LogP contribution in [-0.4, -0.2) is 28.2 Å². The summed E-state index contributed by atoms with van der Waals surface area (Å²) >= 11 is 0. The second-order valence-corrected chi connectivity index (χ2v) is 5.24. The first-order valence-electron chi connectivity index (χ1n) is 7.23. The molecule has 0 atom stereocenters. The van der Waals surface area contributed by atoms with E-state index in [9.17, 15) is 9.90 Å². The van der Waals surface area contributed by atoms with Gasteiger partial charge in [-0.3, -0.25) is 4.79 Å². The summed E-state index contributed by atoms with van der Waals surface area (Å²) in [6.07, 6.45) is 5.47. The number of hydrogen-bond donors (Lipinski definition) is 2. The van der Waals surface area contributed by atoms with Gasteiger partial charge < -0.3 is 15.2 Å². The monoisotopic (exact) mass is 278 g/mol. The summed E-state index contributed by atoms with van der Waals surface area (Å²) in [6.45, 7) is 2.95. The SMILES string of the molecule is CCCOc1ncccc1CNC(=O)C1(O)CCCC1. The quantitative estimate of drug-likeness (QED) is 0.832. The molecule has 1 aromatic rings. The molecule has 0 unspecified atom stereocenters. The lowest BCUT2D eigenvalue weighted by molar-refractivity contribution is -0.139. The molecule has 5 heteroatoms. The first kappa shape index (κ1) is 14.8. The Morgan fingerprint density at radius 3 is 2.95 bits per heavy atom. The van der Waals surface area contributed by atoms with Gasteiger partial charge in [0.25, 0.3) is 5.91 Å². The van der Waals surface area contributed by atoms with Crippen LogP contribution in [-0.2, 0) is 11.3 Å². The van der Waals surface area contributed by atoms with Gasteiger partial charge in [-0.2, -0.15) is 0 Å². The van der Waals surface area contributed by atoms with E-state index in [1.165, 1.54) is 0 Å². The number of rotatable bonds is 6. The second-order valence-electron chi connectivity index (χ2n) is 5.24. The Morgan fingerprint density at radius 1 is 1.50 bits per heavy atom. The fourth-order valence-corrected chi connectivity index (χ4v) is 2.41. The molecule has 0 radical (unpaired) electrons. The van der Waals surface area contributed by atoms with Crippen molar-refractivity contribution in [1.29, 1.82) is 0 Å². The van der Waals surface area contributed by atoms with Gasteiger partial charge >= 0.3 is 0 Å². The van der Waals surface area contributed by atoms with E-state index in [0.717, 1.165) is 24.8 Å². The minimum absolute atomic E-state index is 0.291. The minimum atomic E-state index is -1.19. The third-order valence-electron chi connectivity index (χ3n) is 3.59. The molecule has 0 spiro atoms. The van der Waals surface area contributed by atoms with Gasteiger partial charge in [-0.25, -0.2) is 4.98 Å². The number of pyridine rings is 1.